The predicted octanol–water partition coefficient (Wildman–Crippen LogP) is 4.71. The van der Waals surface area contributed by atoms with Crippen LogP contribution >= 0.6 is 0 Å². The number of allylic oxidation sites excluding steroid dienone is 2. The third-order valence-corrected chi connectivity index (χ3v) is 3.75. The summed E-state index contributed by atoms with van der Waals surface area (Å²) in [6.45, 7) is 5.35. The van der Waals surface area contributed by atoms with E-state index in [1.807, 2.05) is 0 Å². The smallest absolute Gasteiger partial charge is 0.168 e. The molecule has 1 aromatic heterocycles. The molecule has 1 N–H and O–H groups in total. The number of rotatable bonds is 8. The van der Waals surface area contributed by atoms with Gasteiger partial charge in [0.1, 0.15) is 0 Å². The summed E-state index contributed by atoms with van der Waals surface area (Å²) in [4.78, 5) is 0. The van der Waals surface area contributed by atoms with Gasteiger partial charge in [0.2, 0.25) is 0 Å². The molecule has 1 heterocycles. The zero-order valence-corrected chi connectivity index (χ0v) is 14.3. The molecule has 2 rings (SSSR count). The van der Waals surface area contributed by atoms with Crippen molar-refractivity contribution in [2.45, 2.75) is 38.7 Å². The van der Waals surface area contributed by atoms with Crippen LogP contribution in [-0.2, 0) is 6.42 Å². The van der Waals surface area contributed by atoms with E-state index in [1.54, 1.807) is 37.3 Å². The van der Waals surface area contributed by atoms with Crippen molar-refractivity contribution in [3.63, 3.8) is 0 Å². The molecule has 0 fully saturated rings. The molecule has 1 aromatic carbocycles. The molecule has 0 bridgehead atoms. The van der Waals surface area contributed by atoms with Gasteiger partial charge in [-0.25, -0.2) is 8.78 Å². The third kappa shape index (κ3) is 5.29. The van der Waals surface area contributed by atoms with Crippen molar-refractivity contribution in [3.05, 3.63) is 65.9 Å². The van der Waals surface area contributed by atoms with Crippen LogP contribution in [0.1, 0.15) is 37.4 Å². The van der Waals surface area contributed by atoms with E-state index < -0.39 is 11.6 Å². The Hall–Kier alpha value is -2.40. The van der Waals surface area contributed by atoms with Gasteiger partial charge in [-0.15, -0.1) is 6.58 Å². The number of hydrogen-bond acceptors (Lipinski definition) is 3. The van der Waals surface area contributed by atoms with E-state index in [9.17, 15) is 13.9 Å². The maximum Gasteiger partial charge on any atom is 0.168 e. The molecule has 0 aliphatic rings. The first-order valence-corrected chi connectivity index (χ1v) is 8.29. The average molecular weight is 344 g/mol. The first kappa shape index (κ1) is 18.9. The van der Waals surface area contributed by atoms with Crippen molar-refractivity contribution >= 4 is 6.08 Å². The van der Waals surface area contributed by atoms with Gasteiger partial charge in [0.25, 0.3) is 0 Å². The van der Waals surface area contributed by atoms with Crippen LogP contribution in [0.25, 0.3) is 17.3 Å². The Labute approximate surface area is 146 Å². The van der Waals surface area contributed by atoms with Gasteiger partial charge in [0.15, 0.2) is 11.6 Å². The molecule has 3 nitrogen and oxygen atoms in total. The fourth-order valence-corrected chi connectivity index (χ4v) is 2.39. The Bertz CT molecular complexity index is 740. The lowest BCUT2D eigenvalue weighted by Gasteiger charge is -2.06. The van der Waals surface area contributed by atoms with Crippen molar-refractivity contribution in [3.8, 4) is 11.3 Å². The fraction of sp³-hybridized carbons (Fsp3) is 0.300. The van der Waals surface area contributed by atoms with E-state index in [0.717, 1.165) is 12.1 Å². The molecular formula is C20H22F2N2O. The monoisotopic (exact) mass is 344 g/mol. The van der Waals surface area contributed by atoms with Gasteiger partial charge in [-0.1, -0.05) is 24.3 Å². The van der Waals surface area contributed by atoms with Gasteiger partial charge >= 0.3 is 0 Å². The lowest BCUT2D eigenvalue weighted by molar-refractivity contribution is 0.182. The van der Waals surface area contributed by atoms with Crippen molar-refractivity contribution in [1.29, 1.82) is 0 Å². The van der Waals surface area contributed by atoms with Gasteiger partial charge in [-0.3, -0.25) is 0 Å². The summed E-state index contributed by atoms with van der Waals surface area (Å²) in [5.41, 5.74) is 1.28. The van der Waals surface area contributed by atoms with Crippen molar-refractivity contribution < 1.29 is 13.9 Å². The molecule has 0 spiro atoms. The molecule has 0 saturated carbocycles. The van der Waals surface area contributed by atoms with Crippen molar-refractivity contribution in [2.75, 3.05) is 0 Å². The Morgan fingerprint density at radius 2 is 1.96 bits per heavy atom. The van der Waals surface area contributed by atoms with Crippen LogP contribution in [0.3, 0.4) is 0 Å². The normalized spacial score (nSPS) is 12.5. The summed E-state index contributed by atoms with van der Waals surface area (Å²) in [7, 11) is 0. The molecule has 1 atom stereocenters. The molecule has 0 aliphatic carbocycles. The molecule has 0 radical (unpaired) electrons. The summed E-state index contributed by atoms with van der Waals surface area (Å²) in [5.74, 6) is -1.84. The Morgan fingerprint density at radius 1 is 1.16 bits per heavy atom. The predicted molar refractivity (Wildman–Crippen MR) is 95.9 cm³/mol. The molecular weight excluding hydrogens is 322 g/mol. The van der Waals surface area contributed by atoms with Crippen LogP contribution in [0.4, 0.5) is 8.78 Å². The number of unbranched alkanes of at least 4 members (excludes halogenated alkanes) is 1. The van der Waals surface area contributed by atoms with E-state index in [-0.39, 0.29) is 22.9 Å². The highest BCUT2D eigenvalue weighted by Gasteiger charge is 2.14. The quantitative estimate of drug-likeness (QED) is 0.557. The summed E-state index contributed by atoms with van der Waals surface area (Å²) in [5, 5.41) is 17.1. The highest BCUT2D eigenvalue weighted by atomic mass is 19.2. The second-order valence-electron chi connectivity index (χ2n) is 5.92. The van der Waals surface area contributed by atoms with E-state index in [4.69, 9.17) is 0 Å². The van der Waals surface area contributed by atoms with Gasteiger partial charge in [-0.2, -0.15) is 10.2 Å². The zero-order valence-electron chi connectivity index (χ0n) is 14.3. The van der Waals surface area contributed by atoms with Crippen LogP contribution in [0.2, 0.25) is 0 Å². The van der Waals surface area contributed by atoms with Crippen LogP contribution in [0.5, 0.6) is 0 Å². The minimum absolute atomic E-state index is 0.0846. The fourth-order valence-electron chi connectivity index (χ4n) is 2.39. The number of aliphatic hydroxyl groups is 1. The second kappa shape index (κ2) is 9.18. The number of aromatic nitrogens is 2. The van der Waals surface area contributed by atoms with Crippen molar-refractivity contribution in [1.82, 2.24) is 10.2 Å². The lowest BCUT2D eigenvalue weighted by atomic mass is 10.1. The summed E-state index contributed by atoms with van der Waals surface area (Å²) < 4.78 is 28.6. The maximum atomic E-state index is 14.4. The molecule has 1 unspecified atom stereocenters. The Balaban J connectivity index is 2.13. The number of benzene rings is 1. The first-order chi connectivity index (χ1) is 12.0. The molecule has 5 heteroatoms. The molecule has 132 valence electrons. The number of halogens is 2. The van der Waals surface area contributed by atoms with Gasteiger partial charge in [-0.05, 0) is 44.4 Å². The average Bonchev–Trinajstić information content (AvgIpc) is 2.59. The molecule has 25 heavy (non-hydrogen) atoms. The summed E-state index contributed by atoms with van der Waals surface area (Å²) >= 11 is 0. The van der Waals surface area contributed by atoms with Crippen LogP contribution in [-0.4, -0.2) is 21.4 Å². The van der Waals surface area contributed by atoms with E-state index in [0.29, 0.717) is 19.3 Å². The Morgan fingerprint density at radius 3 is 2.60 bits per heavy atom. The van der Waals surface area contributed by atoms with Gasteiger partial charge in [0, 0.05) is 17.5 Å². The second-order valence-corrected chi connectivity index (χ2v) is 5.92. The van der Waals surface area contributed by atoms with Crippen LogP contribution < -0.4 is 0 Å². The maximum absolute atomic E-state index is 14.4. The zero-order chi connectivity index (χ0) is 18.2. The Kier molecular flexibility index (Phi) is 6.95. The standard InChI is InChI=1S/C20H22F2N2O/c1-3-7-16-11-13-18(24-23-16)17-12-10-15(19(21)20(17)22)9-6-4-5-8-14(2)25/h3,6,9-14,25H,1,4-5,7-8H2,2H3. The first-order valence-electron chi connectivity index (χ1n) is 8.29. The number of nitrogens with zero attached hydrogens (tertiary/aromatic N) is 2. The van der Waals surface area contributed by atoms with Gasteiger partial charge < -0.3 is 5.11 Å². The van der Waals surface area contributed by atoms with E-state index in [2.05, 4.69) is 16.8 Å². The minimum Gasteiger partial charge on any atom is -0.393 e. The summed E-state index contributed by atoms with van der Waals surface area (Å²) in [6.07, 6.45) is 7.44. The highest BCUT2D eigenvalue weighted by Crippen LogP contribution is 2.25. The van der Waals surface area contributed by atoms with Crippen LogP contribution in [0, 0.1) is 11.6 Å². The van der Waals surface area contributed by atoms with E-state index >= 15 is 0 Å². The summed E-state index contributed by atoms with van der Waals surface area (Å²) in [6, 6.07) is 6.37. The third-order valence-electron chi connectivity index (χ3n) is 3.75. The SMILES string of the molecule is C=CCc1ccc(-c2ccc(C=CCCCC(C)O)c(F)c2F)nn1. The van der Waals surface area contributed by atoms with E-state index in [1.165, 1.54) is 12.1 Å². The molecule has 0 saturated heterocycles. The number of hydrogen-bond donors (Lipinski definition) is 1. The highest BCUT2D eigenvalue weighted by molar-refractivity contribution is 5.63. The lowest BCUT2D eigenvalue weighted by Crippen LogP contribution is -1.98. The molecule has 0 amide bonds. The largest absolute Gasteiger partial charge is 0.393 e. The molecule has 2 aromatic rings. The van der Waals surface area contributed by atoms with Crippen molar-refractivity contribution in [2.24, 2.45) is 0 Å². The van der Waals surface area contributed by atoms with Gasteiger partial charge in [0.05, 0.1) is 17.5 Å². The number of aliphatic hydroxyl groups excluding tert-OH is 1. The minimum atomic E-state index is -0.933. The topological polar surface area (TPSA) is 46.0 Å². The molecule has 0 aliphatic heterocycles. The van der Waals surface area contributed by atoms with Crippen LogP contribution in [0.15, 0.2) is 43.0 Å².